The van der Waals surface area contributed by atoms with Gasteiger partial charge in [-0.25, -0.2) is 4.98 Å². The highest BCUT2D eigenvalue weighted by molar-refractivity contribution is 7.10. The van der Waals surface area contributed by atoms with Gasteiger partial charge in [-0.2, -0.15) is 0 Å². The van der Waals surface area contributed by atoms with Crippen molar-refractivity contribution in [2.75, 3.05) is 0 Å². The van der Waals surface area contributed by atoms with Gasteiger partial charge < -0.3 is 10.3 Å². The standard InChI is InChI=1S/C17H25N3S/c1-4-13(18)16(17-11(2)9-10-21-17)20-12(3)19-14-7-5-6-8-15(14)20/h9-10,13,16H,4-8,18H2,1-3H3. The molecule has 2 heterocycles. The third kappa shape index (κ3) is 2.55. The van der Waals surface area contributed by atoms with Crippen LogP contribution in [0.5, 0.6) is 0 Å². The molecule has 0 radical (unpaired) electrons. The predicted octanol–water partition coefficient (Wildman–Crippen LogP) is 3.77. The number of imidazole rings is 1. The largest absolute Gasteiger partial charge is 0.326 e. The Kier molecular flexibility index (Phi) is 4.18. The summed E-state index contributed by atoms with van der Waals surface area (Å²) in [7, 11) is 0. The lowest BCUT2D eigenvalue weighted by Crippen LogP contribution is -2.34. The number of nitrogens with two attached hydrogens (primary N) is 1. The summed E-state index contributed by atoms with van der Waals surface area (Å²) < 4.78 is 2.45. The van der Waals surface area contributed by atoms with Gasteiger partial charge >= 0.3 is 0 Å². The molecule has 0 saturated carbocycles. The molecular weight excluding hydrogens is 278 g/mol. The molecule has 114 valence electrons. The zero-order valence-corrected chi connectivity index (χ0v) is 14.0. The number of thiophene rings is 1. The van der Waals surface area contributed by atoms with Crippen LogP contribution < -0.4 is 5.73 Å². The Hall–Kier alpha value is -1.13. The van der Waals surface area contributed by atoms with Gasteiger partial charge in [-0.3, -0.25) is 0 Å². The van der Waals surface area contributed by atoms with Crippen molar-refractivity contribution >= 4 is 11.3 Å². The molecule has 1 aliphatic rings. The van der Waals surface area contributed by atoms with E-state index in [1.165, 1.54) is 34.7 Å². The van der Waals surface area contributed by atoms with Gasteiger partial charge in [0.25, 0.3) is 0 Å². The fraction of sp³-hybridized carbons (Fsp3) is 0.588. The topological polar surface area (TPSA) is 43.8 Å². The maximum absolute atomic E-state index is 6.53. The van der Waals surface area contributed by atoms with Crippen LogP contribution in [0, 0.1) is 13.8 Å². The quantitative estimate of drug-likeness (QED) is 0.934. The second kappa shape index (κ2) is 5.93. The smallest absolute Gasteiger partial charge is 0.106 e. The highest BCUT2D eigenvalue weighted by atomic mass is 32.1. The number of aryl methyl sites for hydroxylation is 3. The van der Waals surface area contributed by atoms with E-state index >= 15 is 0 Å². The molecule has 0 amide bonds. The summed E-state index contributed by atoms with van der Waals surface area (Å²) in [6, 6.07) is 2.58. The van der Waals surface area contributed by atoms with Crippen molar-refractivity contribution in [2.24, 2.45) is 5.73 Å². The summed E-state index contributed by atoms with van der Waals surface area (Å²) in [6.45, 7) is 6.51. The Morgan fingerprint density at radius 1 is 1.33 bits per heavy atom. The number of hydrogen-bond acceptors (Lipinski definition) is 3. The van der Waals surface area contributed by atoms with Crippen LogP contribution in [0.2, 0.25) is 0 Å². The van der Waals surface area contributed by atoms with Gasteiger partial charge in [-0.1, -0.05) is 6.92 Å². The molecule has 2 aromatic heterocycles. The average molecular weight is 303 g/mol. The lowest BCUT2D eigenvalue weighted by molar-refractivity contribution is 0.439. The maximum Gasteiger partial charge on any atom is 0.106 e. The van der Waals surface area contributed by atoms with Gasteiger partial charge in [0.1, 0.15) is 5.82 Å². The normalized spacial score (nSPS) is 17.5. The summed E-state index contributed by atoms with van der Waals surface area (Å²) in [6.07, 6.45) is 5.80. The SMILES string of the molecule is CCC(N)C(c1sccc1C)n1c(C)nc2c1CCCC2. The first-order chi connectivity index (χ1) is 10.1. The van der Waals surface area contributed by atoms with Gasteiger partial charge in [0.05, 0.1) is 11.7 Å². The lowest BCUT2D eigenvalue weighted by Gasteiger charge is -2.28. The summed E-state index contributed by atoms with van der Waals surface area (Å²) in [4.78, 5) is 6.24. The molecule has 4 heteroatoms. The number of rotatable bonds is 4. The fourth-order valence-corrected chi connectivity index (χ4v) is 4.57. The van der Waals surface area contributed by atoms with Crippen molar-refractivity contribution in [3.05, 3.63) is 39.1 Å². The molecule has 2 N–H and O–H groups in total. The third-order valence-electron chi connectivity index (χ3n) is 4.67. The molecule has 3 nitrogen and oxygen atoms in total. The van der Waals surface area contributed by atoms with Gasteiger partial charge in [0.15, 0.2) is 0 Å². The molecule has 2 aromatic rings. The molecule has 21 heavy (non-hydrogen) atoms. The summed E-state index contributed by atoms with van der Waals surface area (Å²) in [5.41, 5.74) is 10.6. The van der Waals surface area contributed by atoms with Crippen LogP contribution in [0.4, 0.5) is 0 Å². The zero-order chi connectivity index (χ0) is 15.0. The number of aromatic nitrogens is 2. The number of nitrogens with zero attached hydrogens (tertiary/aromatic N) is 2. The highest BCUT2D eigenvalue weighted by Gasteiger charge is 2.29. The Labute approximate surface area is 131 Å². The first-order valence-electron chi connectivity index (χ1n) is 7.99. The van der Waals surface area contributed by atoms with Crippen molar-refractivity contribution in [3.8, 4) is 0 Å². The fourth-order valence-electron chi connectivity index (χ4n) is 3.48. The minimum atomic E-state index is 0.140. The van der Waals surface area contributed by atoms with Crippen LogP contribution in [0.3, 0.4) is 0 Å². The zero-order valence-electron chi connectivity index (χ0n) is 13.2. The summed E-state index contributed by atoms with van der Waals surface area (Å²) in [5.74, 6) is 1.13. The average Bonchev–Trinajstić information content (AvgIpc) is 3.04. The first-order valence-corrected chi connectivity index (χ1v) is 8.87. The minimum Gasteiger partial charge on any atom is -0.326 e. The van der Waals surface area contributed by atoms with Crippen molar-refractivity contribution in [1.82, 2.24) is 9.55 Å². The molecule has 0 spiro atoms. The second-order valence-corrected chi connectivity index (χ2v) is 7.06. The lowest BCUT2D eigenvalue weighted by atomic mass is 9.98. The molecule has 3 rings (SSSR count). The van der Waals surface area contributed by atoms with E-state index in [0.717, 1.165) is 25.1 Å². The van der Waals surface area contributed by atoms with E-state index in [4.69, 9.17) is 10.7 Å². The Morgan fingerprint density at radius 3 is 2.76 bits per heavy atom. The van der Waals surface area contributed by atoms with Crippen molar-refractivity contribution in [1.29, 1.82) is 0 Å². The van der Waals surface area contributed by atoms with Gasteiger partial charge in [0, 0.05) is 16.6 Å². The van der Waals surface area contributed by atoms with Crippen molar-refractivity contribution < 1.29 is 0 Å². The second-order valence-electron chi connectivity index (χ2n) is 6.11. The van der Waals surface area contributed by atoms with Gasteiger partial charge in [0.2, 0.25) is 0 Å². The third-order valence-corrected chi connectivity index (χ3v) is 5.76. The van der Waals surface area contributed by atoms with Gasteiger partial charge in [-0.15, -0.1) is 11.3 Å². The molecule has 1 aliphatic carbocycles. The van der Waals surface area contributed by atoms with E-state index in [2.05, 4.69) is 36.8 Å². The molecule has 0 fully saturated rings. The Balaban J connectivity index is 2.13. The monoisotopic (exact) mass is 303 g/mol. The van der Waals surface area contributed by atoms with Gasteiger partial charge in [-0.05, 0) is 63.0 Å². The van der Waals surface area contributed by atoms with Crippen molar-refractivity contribution in [3.63, 3.8) is 0 Å². The van der Waals surface area contributed by atoms with E-state index in [9.17, 15) is 0 Å². The van der Waals surface area contributed by atoms with E-state index in [-0.39, 0.29) is 12.1 Å². The van der Waals surface area contributed by atoms with Crippen LogP contribution in [0.25, 0.3) is 0 Å². The molecular formula is C17H25N3S. The van der Waals surface area contributed by atoms with E-state index < -0.39 is 0 Å². The predicted molar refractivity (Wildman–Crippen MR) is 89.1 cm³/mol. The van der Waals surface area contributed by atoms with Crippen LogP contribution in [0.1, 0.15) is 59.9 Å². The van der Waals surface area contributed by atoms with Crippen LogP contribution >= 0.6 is 11.3 Å². The Bertz CT molecular complexity index is 626. The molecule has 0 bridgehead atoms. The summed E-state index contributed by atoms with van der Waals surface area (Å²) in [5, 5.41) is 2.18. The number of hydrogen-bond donors (Lipinski definition) is 1. The molecule has 2 atom stereocenters. The van der Waals surface area contributed by atoms with Crippen LogP contribution in [-0.2, 0) is 12.8 Å². The Morgan fingerprint density at radius 2 is 2.10 bits per heavy atom. The highest BCUT2D eigenvalue weighted by Crippen LogP contribution is 2.35. The van der Waals surface area contributed by atoms with Crippen LogP contribution in [0.15, 0.2) is 11.4 Å². The van der Waals surface area contributed by atoms with E-state index in [0.29, 0.717) is 0 Å². The molecule has 0 aliphatic heterocycles. The maximum atomic E-state index is 6.53. The minimum absolute atomic E-state index is 0.140. The number of fused-ring (bicyclic) bond motifs is 1. The first kappa shape index (κ1) is 14.8. The summed E-state index contributed by atoms with van der Waals surface area (Å²) >= 11 is 1.83. The molecule has 0 aromatic carbocycles. The van der Waals surface area contributed by atoms with E-state index in [1.54, 1.807) is 0 Å². The molecule has 0 saturated heterocycles. The molecule has 2 unspecified atom stereocenters. The van der Waals surface area contributed by atoms with Crippen molar-refractivity contribution in [2.45, 2.75) is 65.0 Å². The van der Waals surface area contributed by atoms with E-state index in [1.807, 2.05) is 11.3 Å². The van der Waals surface area contributed by atoms with Crippen LogP contribution in [-0.4, -0.2) is 15.6 Å².